The standard InChI is InChI=1S/C21H25NO3/c1-14(2)25-19-15(3)7-6-10-18(19)13-22-21(20(23)24)11-16-8-4-5-9-17(16)12-21/h4-10,14,22H,11-13H2,1-3H3,(H,23,24). The third kappa shape index (κ3) is 3.54. The largest absolute Gasteiger partial charge is 0.490 e. The third-order valence-corrected chi connectivity index (χ3v) is 4.78. The minimum Gasteiger partial charge on any atom is -0.490 e. The molecule has 2 N–H and O–H groups in total. The van der Waals surface area contributed by atoms with E-state index in [2.05, 4.69) is 5.32 Å². The summed E-state index contributed by atoms with van der Waals surface area (Å²) in [5.74, 6) is 0.0451. The van der Waals surface area contributed by atoms with Crippen LogP contribution in [-0.2, 0) is 24.2 Å². The molecule has 0 atom stereocenters. The minimum atomic E-state index is -0.956. The van der Waals surface area contributed by atoms with Crippen LogP contribution in [0.25, 0.3) is 0 Å². The lowest BCUT2D eigenvalue weighted by Crippen LogP contribution is -2.52. The lowest BCUT2D eigenvalue weighted by Gasteiger charge is -2.27. The first-order chi connectivity index (χ1) is 11.9. The van der Waals surface area contributed by atoms with Gasteiger partial charge in [0.15, 0.2) is 0 Å². The van der Waals surface area contributed by atoms with Crippen LogP contribution in [0.3, 0.4) is 0 Å². The summed E-state index contributed by atoms with van der Waals surface area (Å²) < 4.78 is 5.96. The van der Waals surface area contributed by atoms with Crippen molar-refractivity contribution in [3.63, 3.8) is 0 Å². The van der Waals surface area contributed by atoms with Gasteiger partial charge < -0.3 is 9.84 Å². The Kier molecular flexibility index (Phi) is 4.82. The Morgan fingerprint density at radius 1 is 1.16 bits per heavy atom. The molecule has 1 aliphatic carbocycles. The molecule has 0 aliphatic heterocycles. The molecule has 1 aliphatic rings. The van der Waals surface area contributed by atoms with Crippen LogP contribution in [0.4, 0.5) is 0 Å². The second-order valence-electron chi connectivity index (χ2n) is 7.09. The predicted octanol–water partition coefficient (Wildman–Crippen LogP) is 3.49. The number of carboxylic acid groups (broad SMARTS) is 1. The highest BCUT2D eigenvalue weighted by molar-refractivity contribution is 5.81. The molecule has 0 amide bonds. The van der Waals surface area contributed by atoms with Gasteiger partial charge in [-0.25, -0.2) is 0 Å². The molecule has 2 aromatic rings. The van der Waals surface area contributed by atoms with Crippen molar-refractivity contribution in [3.05, 3.63) is 64.7 Å². The van der Waals surface area contributed by atoms with Crippen molar-refractivity contribution in [2.75, 3.05) is 0 Å². The predicted molar refractivity (Wildman–Crippen MR) is 98.0 cm³/mol. The summed E-state index contributed by atoms with van der Waals surface area (Å²) in [5.41, 5.74) is 3.32. The number of ether oxygens (including phenoxy) is 1. The van der Waals surface area contributed by atoms with Gasteiger partial charge in [0.1, 0.15) is 11.3 Å². The van der Waals surface area contributed by atoms with Crippen LogP contribution in [0.2, 0.25) is 0 Å². The average molecular weight is 339 g/mol. The maximum atomic E-state index is 12.0. The Morgan fingerprint density at radius 2 is 1.80 bits per heavy atom. The highest BCUT2D eigenvalue weighted by atomic mass is 16.5. The molecule has 2 aromatic carbocycles. The number of aliphatic carboxylic acids is 1. The van der Waals surface area contributed by atoms with Crippen molar-refractivity contribution in [3.8, 4) is 5.75 Å². The molecule has 0 heterocycles. The fraction of sp³-hybridized carbons (Fsp3) is 0.381. The smallest absolute Gasteiger partial charge is 0.324 e. The van der Waals surface area contributed by atoms with Gasteiger partial charge in [-0.3, -0.25) is 10.1 Å². The number of hydrogen-bond acceptors (Lipinski definition) is 3. The number of nitrogens with one attached hydrogen (secondary N) is 1. The van der Waals surface area contributed by atoms with E-state index >= 15 is 0 Å². The van der Waals surface area contributed by atoms with Crippen LogP contribution in [0.5, 0.6) is 5.75 Å². The van der Waals surface area contributed by atoms with Gasteiger partial charge in [0.2, 0.25) is 0 Å². The summed E-state index contributed by atoms with van der Waals surface area (Å²) in [5, 5.41) is 13.2. The van der Waals surface area contributed by atoms with Gasteiger partial charge in [-0.15, -0.1) is 0 Å². The van der Waals surface area contributed by atoms with Gasteiger partial charge >= 0.3 is 5.97 Å². The van der Waals surface area contributed by atoms with Crippen molar-refractivity contribution < 1.29 is 14.6 Å². The number of carboxylic acids is 1. The van der Waals surface area contributed by atoms with E-state index in [4.69, 9.17) is 4.74 Å². The minimum absolute atomic E-state index is 0.0732. The second-order valence-corrected chi connectivity index (χ2v) is 7.09. The summed E-state index contributed by atoms with van der Waals surface area (Å²) in [7, 11) is 0. The quantitative estimate of drug-likeness (QED) is 0.846. The highest BCUT2D eigenvalue weighted by Gasteiger charge is 2.43. The Balaban J connectivity index is 1.83. The monoisotopic (exact) mass is 339 g/mol. The van der Waals surface area contributed by atoms with E-state index in [1.807, 2.05) is 63.2 Å². The molecule has 0 fully saturated rings. The van der Waals surface area contributed by atoms with Crippen LogP contribution < -0.4 is 10.1 Å². The molecule has 0 aromatic heterocycles. The van der Waals surface area contributed by atoms with E-state index in [0.29, 0.717) is 19.4 Å². The summed E-state index contributed by atoms with van der Waals surface area (Å²) in [4.78, 5) is 12.0. The Bertz CT molecular complexity index is 757. The molecule has 0 saturated carbocycles. The van der Waals surface area contributed by atoms with E-state index in [0.717, 1.165) is 28.0 Å². The Hall–Kier alpha value is -2.33. The molecule has 0 spiro atoms. The van der Waals surface area contributed by atoms with Gasteiger partial charge in [0.05, 0.1) is 6.10 Å². The van der Waals surface area contributed by atoms with E-state index in [1.165, 1.54) is 0 Å². The lowest BCUT2D eigenvalue weighted by atomic mass is 9.95. The van der Waals surface area contributed by atoms with E-state index in [-0.39, 0.29) is 6.10 Å². The van der Waals surface area contributed by atoms with Gasteiger partial charge in [-0.05, 0) is 37.5 Å². The molecule has 4 nitrogen and oxygen atoms in total. The van der Waals surface area contributed by atoms with Crippen LogP contribution in [0.15, 0.2) is 42.5 Å². The van der Waals surface area contributed by atoms with Crippen molar-refractivity contribution in [2.24, 2.45) is 0 Å². The number of para-hydroxylation sites is 1. The van der Waals surface area contributed by atoms with Crippen LogP contribution in [0.1, 0.15) is 36.1 Å². The lowest BCUT2D eigenvalue weighted by molar-refractivity contribution is -0.144. The fourth-order valence-electron chi connectivity index (χ4n) is 3.49. The van der Waals surface area contributed by atoms with Crippen LogP contribution in [-0.4, -0.2) is 22.7 Å². The Morgan fingerprint density at radius 3 is 2.36 bits per heavy atom. The zero-order valence-corrected chi connectivity index (χ0v) is 15.0. The summed E-state index contributed by atoms with van der Waals surface area (Å²) >= 11 is 0. The SMILES string of the molecule is Cc1cccc(CNC2(C(=O)O)Cc3ccccc3C2)c1OC(C)C. The maximum absolute atomic E-state index is 12.0. The molecule has 3 rings (SSSR count). The molecule has 0 unspecified atom stereocenters. The first-order valence-electron chi connectivity index (χ1n) is 8.71. The molecule has 4 heteroatoms. The molecular formula is C21H25NO3. The van der Waals surface area contributed by atoms with Gasteiger partial charge in [0, 0.05) is 24.9 Å². The zero-order chi connectivity index (χ0) is 18.0. The van der Waals surface area contributed by atoms with Crippen molar-refractivity contribution >= 4 is 5.97 Å². The molecule has 132 valence electrons. The zero-order valence-electron chi connectivity index (χ0n) is 15.0. The number of carbonyl (C=O) groups is 1. The number of aryl methyl sites for hydroxylation is 1. The van der Waals surface area contributed by atoms with Gasteiger partial charge in [-0.2, -0.15) is 0 Å². The molecule has 0 radical (unpaired) electrons. The number of benzene rings is 2. The van der Waals surface area contributed by atoms with E-state index in [1.54, 1.807) is 0 Å². The first kappa shape index (κ1) is 17.5. The summed E-state index contributed by atoms with van der Waals surface area (Å²) in [6.07, 6.45) is 1.08. The van der Waals surface area contributed by atoms with Crippen molar-refractivity contribution in [1.82, 2.24) is 5.32 Å². The average Bonchev–Trinajstić information content (AvgIpc) is 2.95. The summed E-state index contributed by atoms with van der Waals surface area (Å²) in [6, 6.07) is 14.0. The molecule has 0 bridgehead atoms. The normalized spacial score (nSPS) is 15.2. The van der Waals surface area contributed by atoms with Crippen molar-refractivity contribution in [2.45, 2.75) is 51.8 Å². The second kappa shape index (κ2) is 6.89. The van der Waals surface area contributed by atoms with Crippen molar-refractivity contribution in [1.29, 1.82) is 0 Å². The van der Waals surface area contributed by atoms with E-state index in [9.17, 15) is 9.90 Å². The first-order valence-corrected chi connectivity index (χ1v) is 8.71. The number of rotatable bonds is 6. The molecule has 25 heavy (non-hydrogen) atoms. The summed E-state index contributed by atoms with van der Waals surface area (Å²) in [6.45, 7) is 6.47. The maximum Gasteiger partial charge on any atom is 0.324 e. The topological polar surface area (TPSA) is 58.6 Å². The third-order valence-electron chi connectivity index (χ3n) is 4.78. The number of fused-ring (bicyclic) bond motifs is 1. The Labute approximate surface area is 148 Å². The molecule has 0 saturated heterocycles. The highest BCUT2D eigenvalue weighted by Crippen LogP contribution is 2.32. The number of hydrogen-bond donors (Lipinski definition) is 2. The van der Waals surface area contributed by atoms with Crippen LogP contribution in [0, 0.1) is 6.92 Å². The van der Waals surface area contributed by atoms with Gasteiger partial charge in [0.25, 0.3) is 0 Å². The fourth-order valence-corrected chi connectivity index (χ4v) is 3.49. The van der Waals surface area contributed by atoms with Gasteiger partial charge in [-0.1, -0.05) is 42.5 Å². The van der Waals surface area contributed by atoms with Crippen LogP contribution >= 0.6 is 0 Å². The van der Waals surface area contributed by atoms with E-state index < -0.39 is 11.5 Å². The molecular weight excluding hydrogens is 314 g/mol.